The van der Waals surface area contributed by atoms with E-state index in [-0.39, 0.29) is 0 Å². The number of rotatable bonds is 4. The zero-order valence-electron chi connectivity index (χ0n) is 9.28. The highest BCUT2D eigenvalue weighted by Crippen LogP contribution is 2.07. The Labute approximate surface area is 88.8 Å². The quantitative estimate of drug-likeness (QED) is 0.726. The lowest BCUT2D eigenvalue weighted by molar-refractivity contribution is 0.341. The highest BCUT2D eigenvalue weighted by Gasteiger charge is 2.27. The molecule has 0 heterocycles. The second-order valence-corrected chi connectivity index (χ2v) is 9.94. The Kier molecular flexibility index (Phi) is 4.06. The summed E-state index contributed by atoms with van der Waals surface area (Å²) in [6, 6.07) is 10.4. The van der Waals surface area contributed by atoms with Crippen LogP contribution in [0.5, 0.6) is 0 Å². The first kappa shape index (κ1) is 11.6. The van der Waals surface area contributed by atoms with Crippen molar-refractivity contribution in [3.63, 3.8) is 0 Å². The Hall–Kier alpha value is -0.426. The maximum absolute atomic E-state index is 6.03. The van der Waals surface area contributed by atoms with E-state index < -0.39 is 17.6 Å². The van der Waals surface area contributed by atoms with Crippen molar-refractivity contribution < 1.29 is 8.54 Å². The van der Waals surface area contributed by atoms with E-state index in [1.165, 1.54) is 5.19 Å². The van der Waals surface area contributed by atoms with Gasteiger partial charge in [0.2, 0.25) is 8.32 Å². The molecule has 0 amide bonds. The van der Waals surface area contributed by atoms with Crippen molar-refractivity contribution in [1.29, 1.82) is 0 Å². The lowest BCUT2D eigenvalue weighted by Crippen LogP contribution is -2.48. The minimum absolute atomic E-state index is 1.33. The van der Waals surface area contributed by atoms with Crippen LogP contribution in [0, 0.1) is 0 Å². The molecule has 0 fully saturated rings. The molecule has 4 heteroatoms. The van der Waals surface area contributed by atoms with Gasteiger partial charge in [0.25, 0.3) is 0 Å². The van der Waals surface area contributed by atoms with Gasteiger partial charge in [0, 0.05) is 7.11 Å². The van der Waals surface area contributed by atoms with Gasteiger partial charge >= 0.3 is 9.28 Å². The zero-order chi connectivity index (χ0) is 10.6. The summed E-state index contributed by atoms with van der Waals surface area (Å²) in [6.07, 6.45) is 0. The van der Waals surface area contributed by atoms with E-state index in [1.807, 2.05) is 6.07 Å². The van der Waals surface area contributed by atoms with Crippen molar-refractivity contribution in [1.82, 2.24) is 0 Å². The molecule has 1 aromatic carbocycles. The molecule has 78 valence electrons. The van der Waals surface area contributed by atoms with Gasteiger partial charge in [-0.25, -0.2) is 0 Å². The lowest BCUT2D eigenvalue weighted by atomic mass is 10.4. The molecule has 1 rings (SSSR count). The van der Waals surface area contributed by atoms with Gasteiger partial charge in [-0.1, -0.05) is 30.3 Å². The average Bonchev–Trinajstić information content (AvgIpc) is 2.18. The average molecular weight is 226 g/mol. The molecule has 0 bridgehead atoms. The zero-order valence-corrected chi connectivity index (χ0v) is 11.4. The van der Waals surface area contributed by atoms with Gasteiger partial charge in [0.15, 0.2) is 0 Å². The molecule has 0 saturated heterocycles. The summed E-state index contributed by atoms with van der Waals surface area (Å²) in [7, 11) is -1.41. The van der Waals surface area contributed by atoms with E-state index in [2.05, 4.69) is 43.9 Å². The molecule has 2 nitrogen and oxygen atoms in total. The van der Waals surface area contributed by atoms with Gasteiger partial charge in [-0.3, -0.25) is 0 Å². The molecule has 0 aromatic heterocycles. The Morgan fingerprint density at radius 3 is 2.21 bits per heavy atom. The van der Waals surface area contributed by atoms with E-state index in [9.17, 15) is 0 Å². The van der Waals surface area contributed by atoms with Crippen LogP contribution in [0.4, 0.5) is 0 Å². The maximum Gasteiger partial charge on any atom is 0.307 e. The molecular weight excluding hydrogens is 208 g/mol. The monoisotopic (exact) mass is 226 g/mol. The number of hydrogen-bond acceptors (Lipinski definition) is 2. The van der Waals surface area contributed by atoms with Crippen molar-refractivity contribution in [3.8, 4) is 0 Å². The molecule has 0 saturated carbocycles. The van der Waals surface area contributed by atoms with Crippen molar-refractivity contribution in [3.05, 3.63) is 30.3 Å². The Balaban J connectivity index is 2.75. The molecule has 14 heavy (non-hydrogen) atoms. The number of benzene rings is 1. The maximum atomic E-state index is 6.03. The largest absolute Gasteiger partial charge is 0.434 e. The van der Waals surface area contributed by atoms with Gasteiger partial charge in [0.1, 0.15) is 0 Å². The van der Waals surface area contributed by atoms with E-state index in [1.54, 1.807) is 7.11 Å². The van der Waals surface area contributed by atoms with Crippen LogP contribution in [-0.2, 0) is 8.54 Å². The third-order valence-corrected chi connectivity index (χ3v) is 8.33. The molecule has 0 aliphatic carbocycles. The standard InChI is InChI=1S/C10H18O2Si2/c1-11-13(2)12-14(3,4)10-8-6-5-7-9-10/h5-9,13H,1-4H3. The van der Waals surface area contributed by atoms with Crippen LogP contribution in [0.3, 0.4) is 0 Å². The van der Waals surface area contributed by atoms with Gasteiger partial charge in [-0.05, 0) is 24.8 Å². The fraction of sp³-hybridized carbons (Fsp3) is 0.400. The first-order chi connectivity index (χ1) is 6.56. The normalized spacial score (nSPS) is 14.0. The summed E-state index contributed by atoms with van der Waals surface area (Å²) in [4.78, 5) is 0. The molecule has 0 radical (unpaired) electrons. The molecule has 0 spiro atoms. The van der Waals surface area contributed by atoms with Gasteiger partial charge in [-0.15, -0.1) is 0 Å². The van der Waals surface area contributed by atoms with Crippen LogP contribution in [0.2, 0.25) is 19.6 Å². The fourth-order valence-electron chi connectivity index (χ4n) is 1.37. The predicted octanol–water partition coefficient (Wildman–Crippen LogP) is 1.61. The van der Waals surface area contributed by atoms with Crippen molar-refractivity contribution in [2.24, 2.45) is 0 Å². The van der Waals surface area contributed by atoms with Crippen LogP contribution >= 0.6 is 0 Å². The Morgan fingerprint density at radius 1 is 1.14 bits per heavy atom. The summed E-state index contributed by atoms with van der Waals surface area (Å²) < 4.78 is 11.3. The third kappa shape index (κ3) is 3.06. The van der Waals surface area contributed by atoms with Crippen LogP contribution in [0.1, 0.15) is 0 Å². The minimum atomic E-state index is -1.73. The van der Waals surface area contributed by atoms with E-state index >= 15 is 0 Å². The highest BCUT2D eigenvalue weighted by atomic mass is 28.4. The van der Waals surface area contributed by atoms with Gasteiger partial charge < -0.3 is 8.54 Å². The highest BCUT2D eigenvalue weighted by molar-refractivity contribution is 6.88. The summed E-state index contributed by atoms with van der Waals surface area (Å²) >= 11 is 0. The summed E-state index contributed by atoms with van der Waals surface area (Å²) in [6.45, 7) is 6.49. The topological polar surface area (TPSA) is 18.5 Å². The summed E-state index contributed by atoms with van der Waals surface area (Å²) in [5.74, 6) is 0. The third-order valence-electron chi connectivity index (χ3n) is 2.26. The van der Waals surface area contributed by atoms with Crippen LogP contribution in [0.25, 0.3) is 0 Å². The smallest absolute Gasteiger partial charge is 0.307 e. The summed E-state index contributed by atoms with van der Waals surface area (Å²) in [5.41, 5.74) is 0. The predicted molar refractivity (Wildman–Crippen MR) is 64.7 cm³/mol. The molecule has 1 unspecified atom stereocenters. The first-order valence-corrected chi connectivity index (χ1v) is 9.83. The second-order valence-electron chi connectivity index (χ2n) is 3.80. The molecule has 0 N–H and O–H groups in total. The van der Waals surface area contributed by atoms with E-state index in [0.717, 1.165) is 0 Å². The van der Waals surface area contributed by atoms with E-state index in [4.69, 9.17) is 8.54 Å². The van der Waals surface area contributed by atoms with Crippen molar-refractivity contribution in [2.45, 2.75) is 19.6 Å². The minimum Gasteiger partial charge on any atom is -0.434 e. The van der Waals surface area contributed by atoms with E-state index in [0.29, 0.717) is 0 Å². The number of hydrogen-bond donors (Lipinski definition) is 0. The van der Waals surface area contributed by atoms with Crippen LogP contribution in [0.15, 0.2) is 30.3 Å². The lowest BCUT2D eigenvalue weighted by Gasteiger charge is -2.26. The fourth-order valence-corrected chi connectivity index (χ4v) is 6.61. The van der Waals surface area contributed by atoms with Crippen molar-refractivity contribution >= 4 is 22.8 Å². The van der Waals surface area contributed by atoms with Crippen LogP contribution in [-0.4, -0.2) is 24.7 Å². The second kappa shape index (κ2) is 4.88. The summed E-state index contributed by atoms with van der Waals surface area (Å²) in [5, 5.41) is 1.33. The molecule has 1 aromatic rings. The molecular formula is C10H18O2Si2. The van der Waals surface area contributed by atoms with Gasteiger partial charge in [-0.2, -0.15) is 0 Å². The van der Waals surface area contributed by atoms with Crippen LogP contribution < -0.4 is 5.19 Å². The molecule has 1 atom stereocenters. The first-order valence-electron chi connectivity index (χ1n) is 4.82. The SMILES string of the molecule is CO[SiH](C)O[Si](C)(C)c1ccccc1. The molecule has 0 aliphatic rings. The molecule has 0 aliphatic heterocycles. The van der Waals surface area contributed by atoms with Gasteiger partial charge in [0.05, 0.1) is 0 Å². The Bertz CT molecular complexity index is 275. The van der Waals surface area contributed by atoms with Crippen molar-refractivity contribution in [2.75, 3.05) is 7.11 Å². The Morgan fingerprint density at radius 2 is 1.71 bits per heavy atom.